The van der Waals surface area contributed by atoms with Crippen LogP contribution in [-0.2, 0) is 12.8 Å². The molecule has 0 saturated heterocycles. The third kappa shape index (κ3) is 3.11. The molecule has 2 nitrogen and oxygen atoms in total. The van der Waals surface area contributed by atoms with E-state index in [1.165, 1.54) is 11.1 Å². The first-order valence-electron chi connectivity index (χ1n) is 5.42. The molecular weight excluding hydrogens is 220 g/mol. The molecule has 3 heteroatoms. The van der Waals surface area contributed by atoms with Gasteiger partial charge in [-0.15, -0.1) is 11.6 Å². The molecule has 16 heavy (non-hydrogen) atoms. The van der Waals surface area contributed by atoms with Crippen molar-refractivity contribution in [3.8, 4) is 0 Å². The summed E-state index contributed by atoms with van der Waals surface area (Å²) in [6, 6.07) is 8.50. The lowest BCUT2D eigenvalue weighted by Crippen LogP contribution is -2.08. The molecular formula is C13H15ClN2. The molecule has 0 aliphatic carbocycles. The van der Waals surface area contributed by atoms with Crippen molar-refractivity contribution in [2.45, 2.75) is 25.1 Å². The van der Waals surface area contributed by atoms with Gasteiger partial charge in [-0.05, 0) is 18.9 Å². The van der Waals surface area contributed by atoms with Crippen LogP contribution in [0.1, 0.15) is 17.0 Å². The fourth-order valence-electron chi connectivity index (χ4n) is 1.67. The molecule has 1 atom stereocenters. The number of hydrogen-bond acceptors (Lipinski definition) is 1. The number of halogens is 1. The Labute approximate surface area is 101 Å². The number of aryl methyl sites for hydroxylation is 1. The van der Waals surface area contributed by atoms with Crippen molar-refractivity contribution in [3.05, 3.63) is 53.6 Å². The molecule has 2 rings (SSSR count). The number of benzene rings is 1. The first kappa shape index (κ1) is 11.2. The minimum absolute atomic E-state index is 0.0915. The van der Waals surface area contributed by atoms with Gasteiger partial charge in [-0.1, -0.05) is 29.8 Å². The van der Waals surface area contributed by atoms with Crippen LogP contribution in [0, 0.1) is 6.92 Å². The summed E-state index contributed by atoms with van der Waals surface area (Å²) in [5.74, 6) is 0.951. The van der Waals surface area contributed by atoms with E-state index in [-0.39, 0.29) is 5.38 Å². The second-order valence-corrected chi connectivity index (χ2v) is 4.64. The van der Waals surface area contributed by atoms with Crippen LogP contribution < -0.4 is 0 Å². The number of rotatable bonds is 4. The van der Waals surface area contributed by atoms with Gasteiger partial charge in [0.2, 0.25) is 0 Å². The van der Waals surface area contributed by atoms with Crippen molar-refractivity contribution in [2.24, 2.45) is 0 Å². The van der Waals surface area contributed by atoms with E-state index in [1.54, 1.807) is 6.20 Å². The van der Waals surface area contributed by atoms with Crippen molar-refractivity contribution >= 4 is 11.6 Å². The Hall–Kier alpha value is -1.28. The quantitative estimate of drug-likeness (QED) is 0.810. The van der Waals surface area contributed by atoms with E-state index in [0.29, 0.717) is 0 Å². The second kappa shape index (κ2) is 5.17. The van der Waals surface area contributed by atoms with Crippen molar-refractivity contribution in [2.75, 3.05) is 0 Å². The molecule has 1 heterocycles. The molecule has 1 N–H and O–H groups in total. The molecule has 0 spiro atoms. The largest absolute Gasteiger partial charge is 0.349 e. The van der Waals surface area contributed by atoms with Crippen molar-refractivity contribution in [1.29, 1.82) is 0 Å². The van der Waals surface area contributed by atoms with Crippen LogP contribution in [0.25, 0.3) is 0 Å². The predicted molar refractivity (Wildman–Crippen MR) is 66.8 cm³/mol. The van der Waals surface area contributed by atoms with Crippen molar-refractivity contribution in [1.82, 2.24) is 9.97 Å². The predicted octanol–water partition coefficient (Wildman–Crippen LogP) is 3.11. The lowest BCUT2D eigenvalue weighted by atomic mass is 10.1. The summed E-state index contributed by atoms with van der Waals surface area (Å²) in [7, 11) is 0. The Balaban J connectivity index is 1.92. The number of hydrogen-bond donors (Lipinski definition) is 1. The van der Waals surface area contributed by atoms with Gasteiger partial charge in [-0.25, -0.2) is 4.98 Å². The molecule has 0 fully saturated rings. The molecule has 1 aromatic heterocycles. The number of aromatic nitrogens is 2. The summed E-state index contributed by atoms with van der Waals surface area (Å²) < 4.78 is 0. The Kier molecular flexibility index (Phi) is 3.62. The van der Waals surface area contributed by atoms with E-state index >= 15 is 0 Å². The average Bonchev–Trinajstić information content (AvgIpc) is 2.74. The van der Waals surface area contributed by atoms with Gasteiger partial charge in [0.05, 0.1) is 0 Å². The first-order chi connectivity index (χ1) is 7.74. The highest BCUT2D eigenvalue weighted by atomic mass is 35.5. The van der Waals surface area contributed by atoms with Gasteiger partial charge >= 0.3 is 0 Å². The summed E-state index contributed by atoms with van der Waals surface area (Å²) in [6.45, 7) is 2.09. The lowest BCUT2D eigenvalue weighted by molar-refractivity contribution is 0.792. The van der Waals surface area contributed by atoms with E-state index in [2.05, 4.69) is 41.2 Å². The maximum atomic E-state index is 6.29. The fraction of sp³-hybridized carbons (Fsp3) is 0.308. The summed E-state index contributed by atoms with van der Waals surface area (Å²) >= 11 is 6.29. The highest BCUT2D eigenvalue weighted by Gasteiger charge is 2.08. The third-order valence-corrected chi connectivity index (χ3v) is 2.86. The number of nitrogens with zero attached hydrogens (tertiary/aromatic N) is 1. The molecule has 1 unspecified atom stereocenters. The molecule has 0 amide bonds. The molecule has 2 aromatic rings. The summed E-state index contributed by atoms with van der Waals surface area (Å²) in [4.78, 5) is 7.24. The molecule has 0 bridgehead atoms. The molecule has 0 aliphatic rings. The molecule has 0 aliphatic heterocycles. The Morgan fingerprint density at radius 2 is 2.00 bits per heavy atom. The smallest absolute Gasteiger partial charge is 0.107 e. The topological polar surface area (TPSA) is 28.7 Å². The van der Waals surface area contributed by atoms with E-state index in [1.807, 2.05) is 6.20 Å². The minimum Gasteiger partial charge on any atom is -0.349 e. The van der Waals surface area contributed by atoms with Crippen LogP contribution in [0.3, 0.4) is 0 Å². The highest BCUT2D eigenvalue weighted by molar-refractivity contribution is 6.20. The van der Waals surface area contributed by atoms with E-state index in [9.17, 15) is 0 Å². The van der Waals surface area contributed by atoms with Crippen molar-refractivity contribution in [3.63, 3.8) is 0 Å². The normalized spacial score (nSPS) is 12.6. The molecule has 1 aromatic carbocycles. The second-order valence-electron chi connectivity index (χ2n) is 4.03. The zero-order valence-corrected chi connectivity index (χ0v) is 10.0. The number of imidazole rings is 1. The van der Waals surface area contributed by atoms with Crippen LogP contribution in [0.4, 0.5) is 0 Å². The van der Waals surface area contributed by atoms with Crippen molar-refractivity contribution < 1.29 is 0 Å². The zero-order chi connectivity index (χ0) is 11.4. The Morgan fingerprint density at radius 3 is 2.62 bits per heavy atom. The third-order valence-electron chi connectivity index (χ3n) is 2.55. The van der Waals surface area contributed by atoms with Gasteiger partial charge in [-0.2, -0.15) is 0 Å². The average molecular weight is 235 g/mol. The van der Waals surface area contributed by atoms with Gasteiger partial charge in [-0.3, -0.25) is 0 Å². The first-order valence-corrected chi connectivity index (χ1v) is 5.85. The lowest BCUT2D eigenvalue weighted by Gasteiger charge is -2.07. The van der Waals surface area contributed by atoms with Crippen LogP contribution >= 0.6 is 11.6 Å². The molecule has 84 valence electrons. The zero-order valence-electron chi connectivity index (χ0n) is 9.28. The number of nitrogens with one attached hydrogen (secondary N) is 1. The monoisotopic (exact) mass is 234 g/mol. The van der Waals surface area contributed by atoms with Crippen LogP contribution in [0.5, 0.6) is 0 Å². The van der Waals surface area contributed by atoms with Gasteiger partial charge in [0, 0.05) is 24.2 Å². The Morgan fingerprint density at radius 1 is 1.25 bits per heavy atom. The van der Waals surface area contributed by atoms with Gasteiger partial charge < -0.3 is 4.98 Å². The Bertz CT molecular complexity index is 420. The fourth-order valence-corrected chi connectivity index (χ4v) is 2.00. The van der Waals surface area contributed by atoms with Crippen LogP contribution in [-0.4, -0.2) is 15.3 Å². The van der Waals surface area contributed by atoms with Gasteiger partial charge in [0.1, 0.15) is 5.82 Å². The highest BCUT2D eigenvalue weighted by Crippen LogP contribution is 2.12. The number of alkyl halides is 1. The number of H-pyrrole nitrogens is 1. The maximum absolute atomic E-state index is 6.29. The van der Waals surface area contributed by atoms with Crippen LogP contribution in [0.15, 0.2) is 36.7 Å². The van der Waals surface area contributed by atoms with Gasteiger partial charge in [0.15, 0.2) is 0 Å². The van der Waals surface area contributed by atoms with E-state index in [4.69, 9.17) is 11.6 Å². The SMILES string of the molecule is Cc1ccc(CC(Cl)Cc2ncc[nH]2)cc1. The minimum atomic E-state index is 0.0915. The van der Waals surface area contributed by atoms with Gasteiger partial charge in [0.25, 0.3) is 0 Å². The molecule has 0 saturated carbocycles. The molecule has 0 radical (unpaired) electrons. The van der Waals surface area contributed by atoms with Crippen LogP contribution in [0.2, 0.25) is 0 Å². The van der Waals surface area contributed by atoms with E-state index < -0.39 is 0 Å². The maximum Gasteiger partial charge on any atom is 0.107 e. The standard InChI is InChI=1S/C13H15ClN2/c1-10-2-4-11(5-3-10)8-12(14)9-13-15-6-7-16-13/h2-7,12H,8-9H2,1H3,(H,15,16). The number of aromatic amines is 1. The summed E-state index contributed by atoms with van der Waals surface area (Å²) in [5, 5.41) is 0.0915. The van der Waals surface area contributed by atoms with E-state index in [0.717, 1.165) is 18.7 Å². The summed E-state index contributed by atoms with van der Waals surface area (Å²) in [6.07, 6.45) is 5.24. The summed E-state index contributed by atoms with van der Waals surface area (Å²) in [5.41, 5.74) is 2.55.